The summed E-state index contributed by atoms with van der Waals surface area (Å²) in [4.78, 5) is 29.5. The fourth-order valence-corrected chi connectivity index (χ4v) is 2.64. The first-order chi connectivity index (χ1) is 11.6. The number of fused-ring (bicyclic) bond motifs is 1. The highest BCUT2D eigenvalue weighted by Gasteiger charge is 2.24. The van der Waals surface area contributed by atoms with E-state index in [-0.39, 0.29) is 6.67 Å². The second kappa shape index (κ2) is 8.68. The van der Waals surface area contributed by atoms with Gasteiger partial charge < -0.3 is 9.47 Å². The lowest BCUT2D eigenvalue weighted by Gasteiger charge is -2.26. The van der Waals surface area contributed by atoms with E-state index >= 15 is 0 Å². The topological polar surface area (TPSA) is 80.2 Å². The molecule has 0 spiro atoms. The molecule has 2 rings (SSSR count). The van der Waals surface area contributed by atoms with Crippen molar-refractivity contribution < 1.29 is 19.1 Å². The Morgan fingerprint density at radius 1 is 1.25 bits per heavy atom. The Morgan fingerprint density at radius 2 is 1.96 bits per heavy atom. The lowest BCUT2D eigenvalue weighted by molar-refractivity contribution is 0.154. The first-order valence-corrected chi connectivity index (χ1v) is 8.57. The number of benzene rings is 1. The van der Waals surface area contributed by atoms with Crippen LogP contribution < -0.4 is 10.2 Å². The van der Waals surface area contributed by atoms with Gasteiger partial charge in [-0.2, -0.15) is 0 Å². The number of halogens is 1. The highest BCUT2D eigenvalue weighted by molar-refractivity contribution is 9.10. The summed E-state index contributed by atoms with van der Waals surface area (Å²) in [5, 5.41) is 2.66. The van der Waals surface area contributed by atoms with Crippen LogP contribution in [0, 0.1) is 0 Å². The molecule has 1 aromatic carbocycles. The van der Waals surface area contributed by atoms with Gasteiger partial charge in [0.25, 0.3) is 0 Å². The molecule has 0 saturated carbocycles. The van der Waals surface area contributed by atoms with Crippen LogP contribution in [0.25, 0.3) is 0 Å². The van der Waals surface area contributed by atoms with Crippen LogP contribution in [0.15, 0.2) is 21.6 Å². The fraction of sp³-hybridized carbons (Fsp3) is 0.438. The van der Waals surface area contributed by atoms with Crippen molar-refractivity contribution in [2.45, 2.75) is 26.7 Å². The monoisotopic (exact) mass is 397 g/mol. The summed E-state index contributed by atoms with van der Waals surface area (Å²) in [6.45, 7) is 4.71. The Bertz CT molecular complexity index is 648. The Hall–Kier alpha value is -2.09. The van der Waals surface area contributed by atoms with E-state index in [0.29, 0.717) is 29.1 Å². The lowest BCUT2D eigenvalue weighted by Crippen LogP contribution is -2.34. The Morgan fingerprint density at radius 3 is 2.67 bits per heavy atom. The van der Waals surface area contributed by atoms with Gasteiger partial charge in [-0.1, -0.05) is 13.8 Å². The number of rotatable bonds is 5. The smallest absolute Gasteiger partial charge is 0.415 e. The third-order valence-electron chi connectivity index (χ3n) is 3.18. The van der Waals surface area contributed by atoms with Crippen molar-refractivity contribution in [3.8, 4) is 0 Å². The maximum Gasteiger partial charge on any atom is 0.415 e. The largest absolute Gasteiger partial charge is 0.449 e. The molecule has 8 heteroatoms. The van der Waals surface area contributed by atoms with Gasteiger partial charge in [-0.25, -0.2) is 9.59 Å². The standard InChI is InChI=1S/C16H20BrN3O4/c1-3-5-23-15(21)19-11-7-13(17)12-9-18-10-20(14(12)8-11)16(22)24-6-4-2/h7-9H,3-6,10H2,1-2H3,(H,19,21). The molecule has 1 aromatic rings. The summed E-state index contributed by atoms with van der Waals surface area (Å²) in [6.07, 6.45) is 2.17. The summed E-state index contributed by atoms with van der Waals surface area (Å²) in [5.74, 6) is 0. The van der Waals surface area contributed by atoms with Crippen LogP contribution in [0.2, 0.25) is 0 Å². The first kappa shape index (κ1) is 18.3. The Labute approximate surface area is 149 Å². The minimum atomic E-state index is -0.534. The second-order valence-electron chi connectivity index (χ2n) is 5.15. The van der Waals surface area contributed by atoms with Crippen molar-refractivity contribution in [3.63, 3.8) is 0 Å². The van der Waals surface area contributed by atoms with Gasteiger partial charge in [0.15, 0.2) is 0 Å². The summed E-state index contributed by atoms with van der Waals surface area (Å²) in [5.41, 5.74) is 1.89. The normalized spacial score (nSPS) is 12.5. The number of hydrogen-bond donors (Lipinski definition) is 1. The van der Waals surface area contributed by atoms with Crippen molar-refractivity contribution in [1.82, 2.24) is 0 Å². The van der Waals surface area contributed by atoms with Gasteiger partial charge >= 0.3 is 12.2 Å². The van der Waals surface area contributed by atoms with Gasteiger partial charge in [-0.3, -0.25) is 15.2 Å². The van der Waals surface area contributed by atoms with E-state index in [9.17, 15) is 9.59 Å². The molecule has 0 radical (unpaired) electrons. The van der Waals surface area contributed by atoms with E-state index in [0.717, 1.165) is 18.4 Å². The van der Waals surface area contributed by atoms with Crippen molar-refractivity contribution in [3.05, 3.63) is 22.2 Å². The maximum atomic E-state index is 12.2. The zero-order valence-corrected chi connectivity index (χ0v) is 15.3. The first-order valence-electron chi connectivity index (χ1n) is 7.78. The molecule has 0 atom stereocenters. The van der Waals surface area contributed by atoms with Gasteiger partial charge in [0.05, 0.1) is 18.9 Å². The van der Waals surface area contributed by atoms with Crippen LogP contribution >= 0.6 is 15.9 Å². The van der Waals surface area contributed by atoms with Gasteiger partial charge in [0.1, 0.15) is 6.67 Å². The molecule has 7 nitrogen and oxygen atoms in total. The minimum absolute atomic E-state index is 0.172. The molecule has 1 heterocycles. The van der Waals surface area contributed by atoms with Crippen LogP contribution in [0.4, 0.5) is 21.0 Å². The van der Waals surface area contributed by atoms with Gasteiger partial charge in [-0.05, 0) is 40.9 Å². The summed E-state index contributed by atoms with van der Waals surface area (Å²) >= 11 is 3.44. The zero-order chi connectivity index (χ0) is 17.5. The molecule has 0 saturated heterocycles. The summed E-state index contributed by atoms with van der Waals surface area (Å²) in [6, 6.07) is 3.44. The minimum Gasteiger partial charge on any atom is -0.449 e. The maximum absolute atomic E-state index is 12.2. The number of anilines is 2. The summed E-state index contributed by atoms with van der Waals surface area (Å²) in [7, 11) is 0. The molecule has 1 N–H and O–H groups in total. The Kier molecular flexibility index (Phi) is 6.60. The van der Waals surface area contributed by atoms with Crippen molar-refractivity contribution in [1.29, 1.82) is 0 Å². The molecular formula is C16H20BrN3O4. The SMILES string of the molecule is CCCOC(=O)Nc1cc(Br)c2c(c1)N(C(=O)OCCC)CN=C2. The number of nitrogens with zero attached hydrogens (tertiary/aromatic N) is 2. The lowest BCUT2D eigenvalue weighted by atomic mass is 10.1. The van der Waals surface area contributed by atoms with Crippen LogP contribution in [0.5, 0.6) is 0 Å². The molecule has 0 bridgehead atoms. The van der Waals surface area contributed by atoms with Crippen LogP contribution in [0.1, 0.15) is 32.3 Å². The predicted molar refractivity (Wildman–Crippen MR) is 96.0 cm³/mol. The molecule has 0 unspecified atom stereocenters. The van der Waals surface area contributed by atoms with E-state index in [1.54, 1.807) is 18.3 Å². The number of aliphatic imine (C=N–C) groups is 1. The number of nitrogens with one attached hydrogen (secondary N) is 1. The van der Waals surface area contributed by atoms with Gasteiger partial charge in [-0.15, -0.1) is 0 Å². The van der Waals surface area contributed by atoms with E-state index in [2.05, 4.69) is 26.2 Å². The molecule has 0 aromatic heterocycles. The number of hydrogen-bond acceptors (Lipinski definition) is 5. The third-order valence-corrected chi connectivity index (χ3v) is 3.83. The third kappa shape index (κ3) is 4.47. The predicted octanol–water partition coefficient (Wildman–Crippen LogP) is 4.15. The number of carbonyl (C=O) groups excluding carboxylic acids is 2. The molecule has 0 fully saturated rings. The highest BCUT2D eigenvalue weighted by Crippen LogP contribution is 2.33. The molecule has 130 valence electrons. The quantitative estimate of drug-likeness (QED) is 0.808. The van der Waals surface area contributed by atoms with Crippen molar-refractivity contribution >= 4 is 45.7 Å². The number of carbonyl (C=O) groups is 2. The zero-order valence-electron chi connectivity index (χ0n) is 13.7. The van der Waals surface area contributed by atoms with Gasteiger partial charge in [0, 0.05) is 21.9 Å². The molecule has 2 amide bonds. The average Bonchev–Trinajstić information content (AvgIpc) is 2.57. The van der Waals surface area contributed by atoms with E-state index in [1.165, 1.54) is 4.90 Å². The Balaban J connectivity index is 2.23. The number of amides is 2. The summed E-state index contributed by atoms with van der Waals surface area (Å²) < 4.78 is 10.9. The molecule has 1 aliphatic heterocycles. The average molecular weight is 398 g/mol. The van der Waals surface area contributed by atoms with E-state index in [4.69, 9.17) is 9.47 Å². The van der Waals surface area contributed by atoms with E-state index in [1.807, 2.05) is 13.8 Å². The van der Waals surface area contributed by atoms with Crippen LogP contribution in [-0.4, -0.2) is 38.3 Å². The molecule has 1 aliphatic rings. The van der Waals surface area contributed by atoms with Crippen LogP contribution in [-0.2, 0) is 9.47 Å². The fourth-order valence-electron chi connectivity index (χ4n) is 2.09. The van der Waals surface area contributed by atoms with Crippen molar-refractivity contribution in [2.24, 2.45) is 4.99 Å². The van der Waals surface area contributed by atoms with E-state index < -0.39 is 12.2 Å². The van der Waals surface area contributed by atoms with Gasteiger partial charge in [0.2, 0.25) is 0 Å². The molecule has 24 heavy (non-hydrogen) atoms. The second-order valence-corrected chi connectivity index (χ2v) is 6.00. The van der Waals surface area contributed by atoms with Crippen LogP contribution in [0.3, 0.4) is 0 Å². The molecule has 0 aliphatic carbocycles. The number of ether oxygens (including phenoxy) is 2. The molecular weight excluding hydrogens is 378 g/mol. The van der Waals surface area contributed by atoms with Crippen molar-refractivity contribution in [2.75, 3.05) is 30.1 Å². The highest BCUT2D eigenvalue weighted by atomic mass is 79.9.